The van der Waals surface area contributed by atoms with Crippen molar-refractivity contribution in [2.75, 3.05) is 7.11 Å². The second-order valence-corrected chi connectivity index (χ2v) is 4.14. The number of allylic oxidation sites excluding steroid dienone is 4. The molecular formula is C17H14O4. The molecule has 0 aliphatic rings. The van der Waals surface area contributed by atoms with Crippen LogP contribution < -0.4 is 5.43 Å². The fourth-order valence-corrected chi connectivity index (χ4v) is 1.70. The molecule has 2 rings (SSSR count). The SMILES string of the molecule is COC(=O)/C=C/C=C/C=Cc1coc2ccccc2c1=O. The highest BCUT2D eigenvalue weighted by Crippen LogP contribution is 2.11. The Labute approximate surface area is 121 Å². The minimum atomic E-state index is -0.418. The van der Waals surface area contributed by atoms with Gasteiger partial charge in [-0.25, -0.2) is 4.79 Å². The molecule has 1 aromatic heterocycles. The van der Waals surface area contributed by atoms with Crippen molar-refractivity contribution in [1.82, 2.24) is 0 Å². The number of rotatable bonds is 4. The van der Waals surface area contributed by atoms with Crippen molar-refractivity contribution in [2.45, 2.75) is 0 Å². The van der Waals surface area contributed by atoms with Gasteiger partial charge in [-0.1, -0.05) is 36.4 Å². The van der Waals surface area contributed by atoms with Crippen LogP contribution in [0.1, 0.15) is 5.56 Å². The van der Waals surface area contributed by atoms with E-state index in [-0.39, 0.29) is 5.43 Å². The molecule has 0 amide bonds. The minimum Gasteiger partial charge on any atom is -0.466 e. The fraction of sp³-hybridized carbons (Fsp3) is 0.0588. The topological polar surface area (TPSA) is 56.5 Å². The number of ether oxygens (including phenoxy) is 1. The zero-order chi connectivity index (χ0) is 15.1. The van der Waals surface area contributed by atoms with E-state index in [0.717, 1.165) is 0 Å². The Morgan fingerprint density at radius 3 is 2.71 bits per heavy atom. The van der Waals surface area contributed by atoms with Gasteiger partial charge in [-0.15, -0.1) is 0 Å². The Hall–Kier alpha value is -2.88. The fourth-order valence-electron chi connectivity index (χ4n) is 1.70. The van der Waals surface area contributed by atoms with E-state index >= 15 is 0 Å². The van der Waals surface area contributed by atoms with E-state index in [4.69, 9.17) is 4.42 Å². The molecule has 0 N–H and O–H groups in total. The molecular weight excluding hydrogens is 268 g/mol. The summed E-state index contributed by atoms with van der Waals surface area (Å²) in [6.45, 7) is 0. The first-order valence-corrected chi connectivity index (χ1v) is 6.32. The highest BCUT2D eigenvalue weighted by molar-refractivity contribution is 5.82. The van der Waals surface area contributed by atoms with Gasteiger partial charge >= 0.3 is 5.97 Å². The number of fused-ring (bicyclic) bond motifs is 1. The summed E-state index contributed by atoms with van der Waals surface area (Å²) < 4.78 is 9.85. The molecule has 0 saturated heterocycles. The maximum Gasteiger partial charge on any atom is 0.330 e. The van der Waals surface area contributed by atoms with E-state index in [1.54, 1.807) is 48.6 Å². The number of esters is 1. The van der Waals surface area contributed by atoms with Crippen LogP contribution in [-0.2, 0) is 9.53 Å². The third-order valence-corrected chi connectivity index (χ3v) is 2.75. The first kappa shape index (κ1) is 14.5. The summed E-state index contributed by atoms with van der Waals surface area (Å²) in [5.41, 5.74) is 0.957. The van der Waals surface area contributed by atoms with Gasteiger partial charge in [0.25, 0.3) is 0 Å². The molecule has 4 heteroatoms. The number of carbonyl (C=O) groups is 1. The number of para-hydroxylation sites is 1. The quantitative estimate of drug-likeness (QED) is 0.491. The molecule has 1 aromatic carbocycles. The van der Waals surface area contributed by atoms with Crippen LogP contribution in [0.4, 0.5) is 0 Å². The maximum absolute atomic E-state index is 12.2. The van der Waals surface area contributed by atoms with Crippen LogP contribution >= 0.6 is 0 Å². The second-order valence-electron chi connectivity index (χ2n) is 4.14. The van der Waals surface area contributed by atoms with E-state index in [1.807, 2.05) is 6.07 Å². The van der Waals surface area contributed by atoms with E-state index < -0.39 is 5.97 Å². The molecule has 1 heterocycles. The van der Waals surface area contributed by atoms with Crippen LogP contribution in [0.25, 0.3) is 17.0 Å². The Bertz CT molecular complexity index is 779. The Kier molecular flexibility index (Phi) is 4.88. The van der Waals surface area contributed by atoms with E-state index in [2.05, 4.69) is 4.74 Å². The third kappa shape index (κ3) is 3.79. The summed E-state index contributed by atoms with van der Waals surface area (Å²) in [6.07, 6.45) is 11.0. The Morgan fingerprint density at radius 1 is 1.14 bits per heavy atom. The lowest BCUT2D eigenvalue weighted by molar-refractivity contribution is -0.134. The highest BCUT2D eigenvalue weighted by atomic mass is 16.5. The smallest absolute Gasteiger partial charge is 0.330 e. The minimum absolute atomic E-state index is 0.0772. The van der Waals surface area contributed by atoms with Crippen molar-refractivity contribution in [2.24, 2.45) is 0 Å². The van der Waals surface area contributed by atoms with E-state index in [1.165, 1.54) is 19.4 Å². The van der Waals surface area contributed by atoms with Gasteiger partial charge < -0.3 is 9.15 Å². The molecule has 4 nitrogen and oxygen atoms in total. The third-order valence-electron chi connectivity index (χ3n) is 2.75. The molecule has 0 fully saturated rings. The average Bonchev–Trinajstić information content (AvgIpc) is 2.52. The summed E-state index contributed by atoms with van der Waals surface area (Å²) in [5, 5.41) is 0.550. The number of hydrogen-bond acceptors (Lipinski definition) is 4. The molecule has 0 unspecified atom stereocenters. The van der Waals surface area contributed by atoms with Crippen LogP contribution in [-0.4, -0.2) is 13.1 Å². The van der Waals surface area contributed by atoms with Gasteiger partial charge in [0.15, 0.2) is 5.43 Å². The van der Waals surface area contributed by atoms with Gasteiger partial charge in [-0.3, -0.25) is 4.79 Å². The molecule has 106 valence electrons. The van der Waals surface area contributed by atoms with Crippen molar-refractivity contribution >= 4 is 23.0 Å². The lowest BCUT2D eigenvalue weighted by Gasteiger charge is -1.96. The van der Waals surface area contributed by atoms with Gasteiger partial charge in [-0.2, -0.15) is 0 Å². The molecule has 0 saturated carbocycles. The van der Waals surface area contributed by atoms with Crippen LogP contribution in [0, 0.1) is 0 Å². The van der Waals surface area contributed by atoms with Gasteiger partial charge in [0.2, 0.25) is 0 Å². The lowest BCUT2D eigenvalue weighted by atomic mass is 10.1. The van der Waals surface area contributed by atoms with Crippen molar-refractivity contribution in [3.8, 4) is 0 Å². The summed E-state index contributed by atoms with van der Waals surface area (Å²) in [5.74, 6) is -0.418. The lowest BCUT2D eigenvalue weighted by Crippen LogP contribution is -2.04. The van der Waals surface area contributed by atoms with Crippen molar-refractivity contribution in [3.05, 3.63) is 76.7 Å². The van der Waals surface area contributed by atoms with Crippen molar-refractivity contribution < 1.29 is 13.9 Å². The molecule has 0 atom stereocenters. The molecule has 0 radical (unpaired) electrons. The monoisotopic (exact) mass is 282 g/mol. The molecule has 2 aromatic rings. The van der Waals surface area contributed by atoms with Crippen LogP contribution in [0.3, 0.4) is 0 Å². The first-order valence-electron chi connectivity index (χ1n) is 6.32. The largest absolute Gasteiger partial charge is 0.466 e. The van der Waals surface area contributed by atoms with Crippen molar-refractivity contribution in [3.63, 3.8) is 0 Å². The summed E-state index contributed by atoms with van der Waals surface area (Å²) in [4.78, 5) is 23.0. The predicted molar refractivity (Wildman–Crippen MR) is 81.8 cm³/mol. The number of methoxy groups -OCH3 is 1. The maximum atomic E-state index is 12.2. The predicted octanol–water partition coefficient (Wildman–Crippen LogP) is 3.09. The van der Waals surface area contributed by atoms with Gasteiger partial charge in [0.1, 0.15) is 11.8 Å². The number of carbonyl (C=O) groups excluding carboxylic acids is 1. The zero-order valence-corrected chi connectivity index (χ0v) is 11.5. The summed E-state index contributed by atoms with van der Waals surface area (Å²) in [7, 11) is 1.31. The molecule has 0 aliphatic carbocycles. The number of hydrogen-bond donors (Lipinski definition) is 0. The summed E-state index contributed by atoms with van der Waals surface area (Å²) in [6, 6.07) is 7.09. The Balaban J connectivity index is 2.13. The first-order chi connectivity index (χ1) is 10.2. The normalized spacial score (nSPS) is 11.9. The average molecular weight is 282 g/mol. The summed E-state index contributed by atoms with van der Waals surface area (Å²) >= 11 is 0. The van der Waals surface area contributed by atoms with Gasteiger partial charge in [0, 0.05) is 6.08 Å². The molecule has 21 heavy (non-hydrogen) atoms. The van der Waals surface area contributed by atoms with Crippen molar-refractivity contribution in [1.29, 1.82) is 0 Å². The molecule has 0 spiro atoms. The van der Waals surface area contributed by atoms with Gasteiger partial charge in [0.05, 0.1) is 18.1 Å². The number of benzene rings is 1. The van der Waals surface area contributed by atoms with Crippen LogP contribution in [0.5, 0.6) is 0 Å². The molecule has 0 aliphatic heterocycles. The highest BCUT2D eigenvalue weighted by Gasteiger charge is 2.02. The second kappa shape index (κ2) is 7.05. The standard InChI is InChI=1S/C17H14O4/c1-20-16(18)11-5-3-2-4-8-13-12-21-15-10-7-6-9-14(15)17(13)19/h2-12H,1H3/b3-2+,8-4?,11-5+. The van der Waals surface area contributed by atoms with Gasteiger partial charge in [-0.05, 0) is 18.2 Å². The van der Waals surface area contributed by atoms with E-state index in [9.17, 15) is 9.59 Å². The van der Waals surface area contributed by atoms with E-state index in [0.29, 0.717) is 16.5 Å². The molecule has 0 bridgehead atoms. The Morgan fingerprint density at radius 2 is 1.90 bits per heavy atom. The van der Waals surface area contributed by atoms with Crippen LogP contribution in [0.15, 0.2) is 70.1 Å². The van der Waals surface area contributed by atoms with Crippen LogP contribution in [0.2, 0.25) is 0 Å². The zero-order valence-electron chi connectivity index (χ0n) is 11.5.